The largest absolute Gasteiger partial charge is 1.00 e. The number of hydrogen-bond donors (Lipinski definition) is 0. The number of thioether (sulfide) groups is 1. The molecule has 0 spiro atoms. The van der Waals surface area contributed by atoms with Crippen molar-refractivity contribution in [1.82, 2.24) is 4.57 Å². The molecule has 0 aliphatic carbocycles. The zero-order valence-electron chi connectivity index (χ0n) is 13.4. The summed E-state index contributed by atoms with van der Waals surface area (Å²) in [5.74, 6) is 1.18. The van der Waals surface area contributed by atoms with Crippen LogP contribution in [-0.4, -0.2) is 10.3 Å². The van der Waals surface area contributed by atoms with Gasteiger partial charge in [0.25, 0.3) is 0 Å². The van der Waals surface area contributed by atoms with Crippen molar-refractivity contribution in [2.75, 3.05) is 5.75 Å². The average Bonchev–Trinajstić information content (AvgIpc) is 2.90. The predicted molar refractivity (Wildman–Crippen MR) is 96.5 cm³/mol. The Kier molecular flexibility index (Phi) is 5.38. The lowest BCUT2D eigenvalue weighted by Gasteiger charge is -2.09. The first-order valence-electron chi connectivity index (χ1n) is 7.85. The maximum atomic E-state index is 6.08. The van der Waals surface area contributed by atoms with Crippen molar-refractivity contribution in [1.29, 1.82) is 0 Å². The van der Waals surface area contributed by atoms with Crippen LogP contribution in [0.5, 0.6) is 0 Å². The average molecular weight is 422 g/mol. The van der Waals surface area contributed by atoms with Gasteiger partial charge in [-0.1, -0.05) is 29.8 Å². The van der Waals surface area contributed by atoms with Gasteiger partial charge >= 0.3 is 5.16 Å². The monoisotopic (exact) mass is 420 g/mol. The van der Waals surface area contributed by atoms with Crippen LogP contribution in [0.4, 0.5) is 0 Å². The zero-order chi connectivity index (χ0) is 15.8. The lowest BCUT2D eigenvalue weighted by molar-refractivity contribution is -0.739. The van der Waals surface area contributed by atoms with Gasteiger partial charge in [0.2, 0.25) is 0 Å². The Balaban J connectivity index is 0.00000169. The third-order valence-corrected chi connectivity index (χ3v) is 5.69. The molecule has 0 bridgehead atoms. The van der Waals surface area contributed by atoms with E-state index in [4.69, 9.17) is 11.6 Å². The quantitative estimate of drug-likeness (QED) is 0.574. The number of rotatable bonds is 2. The van der Waals surface area contributed by atoms with Crippen molar-refractivity contribution < 1.29 is 21.5 Å². The van der Waals surface area contributed by atoms with Crippen LogP contribution >= 0.6 is 23.4 Å². The summed E-state index contributed by atoms with van der Waals surface area (Å²) in [7, 11) is 0. The first-order chi connectivity index (χ1) is 11.3. The molecule has 4 rings (SSSR count). The van der Waals surface area contributed by atoms with Crippen LogP contribution < -0.4 is 21.5 Å². The van der Waals surface area contributed by atoms with Gasteiger partial charge in [0, 0.05) is 23.3 Å². The number of imidazole rings is 1. The minimum atomic E-state index is 0. The van der Waals surface area contributed by atoms with Gasteiger partial charge in [0.05, 0.1) is 6.54 Å². The number of fused-ring (bicyclic) bond motifs is 1. The Morgan fingerprint density at radius 3 is 2.46 bits per heavy atom. The van der Waals surface area contributed by atoms with Gasteiger partial charge < -0.3 is 17.0 Å². The van der Waals surface area contributed by atoms with Crippen LogP contribution in [0.1, 0.15) is 12.1 Å². The Hall–Kier alpha value is -1.23. The van der Waals surface area contributed by atoms with Crippen LogP contribution in [0.3, 0.4) is 0 Å². The maximum Gasteiger partial charge on any atom is 0.323 e. The summed E-state index contributed by atoms with van der Waals surface area (Å²) in [6.45, 7) is 3.31. The van der Waals surface area contributed by atoms with E-state index in [0.29, 0.717) is 0 Å². The molecule has 0 N–H and O–H groups in total. The van der Waals surface area contributed by atoms with Gasteiger partial charge in [-0.25, -0.2) is 4.57 Å². The summed E-state index contributed by atoms with van der Waals surface area (Å²) in [4.78, 5) is 0. The first-order valence-corrected chi connectivity index (χ1v) is 9.21. The molecule has 124 valence electrons. The molecule has 0 amide bonds. The molecule has 0 saturated heterocycles. The Morgan fingerprint density at radius 1 is 1.04 bits per heavy atom. The summed E-state index contributed by atoms with van der Waals surface area (Å²) in [5.41, 5.74) is 5.00. The van der Waals surface area contributed by atoms with Gasteiger partial charge in [-0.15, -0.1) is 0 Å². The molecule has 1 aliphatic rings. The van der Waals surface area contributed by atoms with Gasteiger partial charge in [-0.2, -0.15) is 4.57 Å². The highest BCUT2D eigenvalue weighted by Crippen LogP contribution is 2.34. The molecule has 2 aromatic carbocycles. The second kappa shape index (κ2) is 7.34. The number of halogens is 2. The first kappa shape index (κ1) is 17.6. The summed E-state index contributed by atoms with van der Waals surface area (Å²) < 4.78 is 4.84. The van der Waals surface area contributed by atoms with E-state index in [0.717, 1.165) is 11.6 Å². The van der Waals surface area contributed by atoms with Crippen LogP contribution in [0.25, 0.3) is 16.9 Å². The highest BCUT2D eigenvalue weighted by Gasteiger charge is 2.32. The zero-order valence-corrected chi connectivity index (χ0v) is 16.5. The van der Waals surface area contributed by atoms with Crippen LogP contribution in [-0.2, 0) is 6.54 Å². The standard InChI is InChI=1S/C19H18ClN2S.BrH/c1-14-18(15-8-10-16(20)11-9-15)22(17-6-3-2-4-7-17)19-21(14)12-5-13-23-19;/h2-4,6-11H,5,12-13H2,1H3;1H/q+1;/p-1. The second-order valence-electron chi connectivity index (χ2n) is 5.75. The number of para-hydroxylation sites is 1. The van der Waals surface area contributed by atoms with Gasteiger partial charge in [-0.05, 0) is 54.6 Å². The smallest absolute Gasteiger partial charge is 0.323 e. The lowest BCUT2D eigenvalue weighted by Crippen LogP contribution is -3.00. The molecule has 5 heteroatoms. The molecular weight excluding hydrogens is 404 g/mol. The fourth-order valence-electron chi connectivity index (χ4n) is 3.20. The predicted octanol–water partition coefficient (Wildman–Crippen LogP) is 1.89. The van der Waals surface area contributed by atoms with E-state index in [1.165, 1.54) is 40.0 Å². The van der Waals surface area contributed by atoms with E-state index >= 15 is 0 Å². The van der Waals surface area contributed by atoms with E-state index in [1.54, 1.807) is 0 Å². The molecule has 0 atom stereocenters. The molecule has 0 saturated carbocycles. The summed E-state index contributed by atoms with van der Waals surface area (Å²) >= 11 is 8.02. The summed E-state index contributed by atoms with van der Waals surface area (Å²) in [6, 6.07) is 18.8. The van der Waals surface area contributed by atoms with Crippen molar-refractivity contribution in [2.45, 2.75) is 25.0 Å². The SMILES string of the molecule is Cc1c(-c2ccc(Cl)cc2)n(-c2ccccc2)c2[n+]1CCCS2.[Br-]. The molecule has 0 unspecified atom stereocenters. The van der Waals surface area contributed by atoms with Crippen LogP contribution in [0, 0.1) is 6.92 Å². The lowest BCUT2D eigenvalue weighted by atomic mass is 10.1. The fraction of sp³-hybridized carbons (Fsp3) is 0.211. The highest BCUT2D eigenvalue weighted by molar-refractivity contribution is 7.99. The summed E-state index contributed by atoms with van der Waals surface area (Å²) in [5, 5.41) is 2.10. The number of hydrogen-bond acceptors (Lipinski definition) is 1. The molecule has 0 fully saturated rings. The molecule has 24 heavy (non-hydrogen) atoms. The number of nitrogens with zero attached hydrogens (tertiary/aromatic N) is 2. The van der Waals surface area contributed by atoms with Crippen molar-refractivity contribution in [3.8, 4) is 16.9 Å². The molecule has 2 heterocycles. The number of benzene rings is 2. The van der Waals surface area contributed by atoms with Gasteiger partial charge in [0.1, 0.15) is 11.4 Å². The van der Waals surface area contributed by atoms with Gasteiger partial charge in [0.15, 0.2) is 5.69 Å². The van der Waals surface area contributed by atoms with Crippen molar-refractivity contribution in [3.05, 3.63) is 65.3 Å². The third-order valence-electron chi connectivity index (χ3n) is 4.28. The van der Waals surface area contributed by atoms with Crippen LogP contribution in [0.2, 0.25) is 5.02 Å². The minimum Gasteiger partial charge on any atom is -1.00 e. The molecule has 2 nitrogen and oxygen atoms in total. The Bertz CT molecular complexity index is 844. The normalized spacial score (nSPS) is 13.2. The maximum absolute atomic E-state index is 6.08. The molecular formula is C19H18BrClN2S. The highest BCUT2D eigenvalue weighted by atomic mass is 79.9. The Labute approximate surface area is 162 Å². The van der Waals surface area contributed by atoms with Crippen LogP contribution in [0.15, 0.2) is 59.8 Å². The van der Waals surface area contributed by atoms with Gasteiger partial charge in [-0.3, -0.25) is 0 Å². The van der Waals surface area contributed by atoms with E-state index in [2.05, 4.69) is 58.5 Å². The minimum absolute atomic E-state index is 0. The summed E-state index contributed by atoms with van der Waals surface area (Å²) in [6.07, 6.45) is 1.22. The van der Waals surface area contributed by atoms with E-state index in [9.17, 15) is 0 Å². The molecule has 0 radical (unpaired) electrons. The van der Waals surface area contributed by atoms with Crippen molar-refractivity contribution in [2.24, 2.45) is 0 Å². The van der Waals surface area contributed by atoms with E-state index in [1.807, 2.05) is 23.9 Å². The molecule has 3 aromatic rings. The fourth-order valence-corrected chi connectivity index (χ4v) is 4.50. The molecule has 1 aliphatic heterocycles. The Morgan fingerprint density at radius 2 is 1.75 bits per heavy atom. The van der Waals surface area contributed by atoms with Crippen molar-refractivity contribution in [3.63, 3.8) is 0 Å². The van der Waals surface area contributed by atoms with E-state index in [-0.39, 0.29) is 17.0 Å². The van der Waals surface area contributed by atoms with Crippen molar-refractivity contribution >= 4 is 23.4 Å². The number of aromatic nitrogens is 2. The third kappa shape index (κ3) is 3.03. The second-order valence-corrected chi connectivity index (χ2v) is 7.25. The topological polar surface area (TPSA) is 8.81 Å². The van der Waals surface area contributed by atoms with E-state index < -0.39 is 0 Å². The molecule has 1 aromatic heterocycles.